The van der Waals surface area contributed by atoms with E-state index in [1.54, 1.807) is 6.33 Å². The second-order valence-electron chi connectivity index (χ2n) is 5.70. The summed E-state index contributed by atoms with van der Waals surface area (Å²) in [6, 6.07) is 0.356. The van der Waals surface area contributed by atoms with Crippen LogP contribution < -0.4 is 5.73 Å². The van der Waals surface area contributed by atoms with Crippen LogP contribution in [0.3, 0.4) is 0 Å². The van der Waals surface area contributed by atoms with Crippen molar-refractivity contribution in [2.24, 2.45) is 11.7 Å². The molecule has 104 valence electrons. The minimum Gasteiger partial charge on any atom is -0.323 e. The Hall–Kier alpha value is -1.62. The Morgan fingerprint density at radius 3 is 2.53 bits per heavy atom. The van der Waals surface area contributed by atoms with Crippen LogP contribution in [0.1, 0.15) is 51.9 Å². The summed E-state index contributed by atoms with van der Waals surface area (Å²) in [5.74, 6) is 0.566. The molecule has 0 bridgehead atoms. The predicted octanol–water partition coefficient (Wildman–Crippen LogP) is 2.70. The third-order valence-corrected chi connectivity index (χ3v) is 3.17. The highest BCUT2D eigenvalue weighted by Gasteiger charge is 2.15. The highest BCUT2D eigenvalue weighted by molar-refractivity contribution is 5.29. The Labute approximate surface area is 114 Å². The third kappa shape index (κ3) is 3.04. The zero-order chi connectivity index (χ0) is 14.0. The first kappa shape index (κ1) is 13.8. The Morgan fingerprint density at radius 2 is 1.95 bits per heavy atom. The predicted molar refractivity (Wildman–Crippen MR) is 76.1 cm³/mol. The first-order valence-corrected chi connectivity index (χ1v) is 6.81. The number of imidazole rings is 1. The molecule has 5 heteroatoms. The molecule has 5 nitrogen and oxygen atoms in total. The number of hydrogen-bond acceptors (Lipinski definition) is 3. The van der Waals surface area contributed by atoms with Crippen molar-refractivity contribution in [3.8, 4) is 5.69 Å². The number of rotatable bonds is 5. The van der Waals surface area contributed by atoms with Gasteiger partial charge in [-0.25, -0.2) is 4.98 Å². The minimum atomic E-state index is 0.00454. The molecule has 0 fully saturated rings. The van der Waals surface area contributed by atoms with E-state index in [0.29, 0.717) is 12.0 Å². The van der Waals surface area contributed by atoms with E-state index < -0.39 is 0 Å². The Kier molecular flexibility index (Phi) is 4.04. The molecule has 2 aromatic rings. The number of nitrogens with two attached hydrogens (primary N) is 1. The molecular formula is C14H23N5. The van der Waals surface area contributed by atoms with Crippen LogP contribution in [-0.2, 0) is 0 Å². The molecule has 0 radical (unpaired) electrons. The number of nitrogens with zero attached hydrogens (tertiary/aromatic N) is 4. The molecule has 0 aliphatic rings. The summed E-state index contributed by atoms with van der Waals surface area (Å²) in [5.41, 5.74) is 8.31. The van der Waals surface area contributed by atoms with Crippen LogP contribution in [-0.4, -0.2) is 19.3 Å². The standard InChI is InChI=1S/C14H23N5/c1-10(2)5-13(15)14-7-16-9-18(14)12-6-17-19(8-12)11(3)4/h6-11,13H,5,15H2,1-4H3. The van der Waals surface area contributed by atoms with Crippen molar-refractivity contribution in [1.82, 2.24) is 19.3 Å². The van der Waals surface area contributed by atoms with E-state index >= 15 is 0 Å². The molecule has 0 saturated heterocycles. The van der Waals surface area contributed by atoms with Crippen LogP contribution in [0, 0.1) is 5.92 Å². The molecule has 19 heavy (non-hydrogen) atoms. The molecule has 0 amide bonds. The summed E-state index contributed by atoms with van der Waals surface area (Å²) in [6.07, 6.45) is 8.48. The zero-order valence-corrected chi connectivity index (χ0v) is 12.1. The van der Waals surface area contributed by atoms with Crippen molar-refractivity contribution in [2.45, 2.75) is 46.2 Å². The van der Waals surface area contributed by atoms with Gasteiger partial charge in [-0.1, -0.05) is 13.8 Å². The average molecular weight is 261 g/mol. The first-order chi connectivity index (χ1) is 8.99. The van der Waals surface area contributed by atoms with E-state index in [1.165, 1.54) is 0 Å². The van der Waals surface area contributed by atoms with Gasteiger partial charge in [0, 0.05) is 18.3 Å². The molecule has 0 aliphatic heterocycles. The Balaban J connectivity index is 2.27. The number of hydrogen-bond donors (Lipinski definition) is 1. The van der Waals surface area contributed by atoms with Crippen LogP contribution in [0.5, 0.6) is 0 Å². The minimum absolute atomic E-state index is 0.00454. The summed E-state index contributed by atoms with van der Waals surface area (Å²) in [6.45, 7) is 8.57. The lowest BCUT2D eigenvalue weighted by atomic mass is 10.0. The van der Waals surface area contributed by atoms with E-state index in [1.807, 2.05) is 27.8 Å². The molecule has 0 aromatic carbocycles. The maximum absolute atomic E-state index is 6.26. The van der Waals surface area contributed by atoms with Gasteiger partial charge in [0.1, 0.15) is 0 Å². The summed E-state index contributed by atoms with van der Waals surface area (Å²) in [7, 11) is 0. The lowest BCUT2D eigenvalue weighted by Gasteiger charge is -2.15. The second kappa shape index (κ2) is 5.57. The van der Waals surface area contributed by atoms with Crippen molar-refractivity contribution >= 4 is 0 Å². The lowest BCUT2D eigenvalue weighted by Crippen LogP contribution is -2.16. The maximum Gasteiger partial charge on any atom is 0.0995 e. The fourth-order valence-electron chi connectivity index (χ4n) is 2.16. The quantitative estimate of drug-likeness (QED) is 0.900. The Morgan fingerprint density at radius 1 is 1.21 bits per heavy atom. The van der Waals surface area contributed by atoms with Gasteiger partial charge in [0.15, 0.2) is 0 Å². The van der Waals surface area contributed by atoms with Crippen molar-refractivity contribution < 1.29 is 0 Å². The van der Waals surface area contributed by atoms with Gasteiger partial charge in [0.05, 0.1) is 30.1 Å². The van der Waals surface area contributed by atoms with Crippen LogP contribution in [0.2, 0.25) is 0 Å². The molecule has 2 aromatic heterocycles. The summed E-state index contributed by atoms with van der Waals surface area (Å²) < 4.78 is 3.96. The smallest absolute Gasteiger partial charge is 0.0995 e. The van der Waals surface area contributed by atoms with Crippen LogP contribution in [0.4, 0.5) is 0 Å². The van der Waals surface area contributed by atoms with Crippen molar-refractivity contribution in [2.75, 3.05) is 0 Å². The molecule has 1 unspecified atom stereocenters. The van der Waals surface area contributed by atoms with Gasteiger partial charge in [0.25, 0.3) is 0 Å². The fourth-order valence-corrected chi connectivity index (χ4v) is 2.16. The van der Waals surface area contributed by atoms with E-state index in [9.17, 15) is 0 Å². The summed E-state index contributed by atoms with van der Waals surface area (Å²) in [4.78, 5) is 4.23. The molecule has 1 atom stereocenters. The molecular weight excluding hydrogens is 238 g/mol. The third-order valence-electron chi connectivity index (χ3n) is 3.17. The largest absolute Gasteiger partial charge is 0.323 e. The summed E-state index contributed by atoms with van der Waals surface area (Å²) in [5, 5.41) is 4.36. The van der Waals surface area contributed by atoms with Gasteiger partial charge in [-0.2, -0.15) is 5.10 Å². The summed E-state index contributed by atoms with van der Waals surface area (Å²) >= 11 is 0. The van der Waals surface area contributed by atoms with Crippen molar-refractivity contribution in [1.29, 1.82) is 0 Å². The fraction of sp³-hybridized carbons (Fsp3) is 0.571. The molecule has 0 saturated carbocycles. The van der Waals surface area contributed by atoms with E-state index in [2.05, 4.69) is 37.8 Å². The molecule has 0 aliphatic carbocycles. The van der Waals surface area contributed by atoms with Crippen molar-refractivity contribution in [3.05, 3.63) is 30.6 Å². The van der Waals surface area contributed by atoms with E-state index in [-0.39, 0.29) is 6.04 Å². The molecule has 2 heterocycles. The van der Waals surface area contributed by atoms with E-state index in [4.69, 9.17) is 5.73 Å². The van der Waals surface area contributed by atoms with Crippen LogP contribution in [0.15, 0.2) is 24.9 Å². The van der Waals surface area contributed by atoms with Crippen LogP contribution in [0.25, 0.3) is 5.69 Å². The van der Waals surface area contributed by atoms with E-state index in [0.717, 1.165) is 17.8 Å². The topological polar surface area (TPSA) is 61.7 Å². The van der Waals surface area contributed by atoms with Gasteiger partial charge in [-0.05, 0) is 26.2 Å². The zero-order valence-electron chi connectivity index (χ0n) is 12.1. The SMILES string of the molecule is CC(C)CC(N)c1cncn1-c1cnn(C(C)C)c1. The monoisotopic (exact) mass is 261 g/mol. The molecule has 0 spiro atoms. The Bertz CT molecular complexity index is 523. The lowest BCUT2D eigenvalue weighted by molar-refractivity contribution is 0.497. The van der Waals surface area contributed by atoms with Crippen molar-refractivity contribution in [3.63, 3.8) is 0 Å². The average Bonchev–Trinajstić information content (AvgIpc) is 2.96. The number of aromatic nitrogens is 4. The first-order valence-electron chi connectivity index (χ1n) is 6.81. The highest BCUT2D eigenvalue weighted by Crippen LogP contribution is 2.21. The van der Waals surface area contributed by atoms with Gasteiger partial charge in [-0.3, -0.25) is 9.25 Å². The maximum atomic E-state index is 6.26. The van der Waals surface area contributed by atoms with Gasteiger partial charge in [0.2, 0.25) is 0 Å². The van der Waals surface area contributed by atoms with Gasteiger partial charge >= 0.3 is 0 Å². The van der Waals surface area contributed by atoms with Gasteiger partial charge < -0.3 is 5.73 Å². The van der Waals surface area contributed by atoms with Crippen LogP contribution >= 0.6 is 0 Å². The van der Waals surface area contributed by atoms with Gasteiger partial charge in [-0.15, -0.1) is 0 Å². The molecule has 2 N–H and O–H groups in total. The highest BCUT2D eigenvalue weighted by atomic mass is 15.3. The second-order valence-corrected chi connectivity index (χ2v) is 5.70. The normalized spacial score (nSPS) is 13.4. The molecule has 2 rings (SSSR count).